The number of hydrogen-bond donors (Lipinski definition) is 4. The molecule has 0 spiro atoms. The van der Waals surface area contributed by atoms with E-state index >= 15 is 0 Å². The van der Waals surface area contributed by atoms with E-state index in [-0.39, 0.29) is 24.5 Å². The van der Waals surface area contributed by atoms with E-state index < -0.39 is 18.3 Å². The molecule has 0 aromatic rings. The molecule has 0 unspecified atom stereocenters. The van der Waals surface area contributed by atoms with Gasteiger partial charge in [0.05, 0.1) is 24.4 Å². The maximum absolute atomic E-state index is 9.37. The third-order valence-corrected chi connectivity index (χ3v) is 2.72. The summed E-state index contributed by atoms with van der Waals surface area (Å²) >= 11 is 0. The minimum Gasteiger partial charge on any atom is -0.391 e. The van der Waals surface area contributed by atoms with Crippen molar-refractivity contribution >= 4 is 12.4 Å². The molecule has 4 N–H and O–H groups in total. The Kier molecular flexibility index (Phi) is 2.96. The van der Waals surface area contributed by atoms with Crippen LogP contribution in [0.3, 0.4) is 0 Å². The van der Waals surface area contributed by atoms with Crippen molar-refractivity contribution in [2.24, 2.45) is 0 Å². The van der Waals surface area contributed by atoms with Crippen LogP contribution >= 0.6 is 12.4 Å². The fraction of sp³-hybridized carbons (Fsp3) is 1.00. The molecule has 72 valence electrons. The van der Waals surface area contributed by atoms with Gasteiger partial charge in [0.25, 0.3) is 0 Å². The van der Waals surface area contributed by atoms with Gasteiger partial charge in [0.15, 0.2) is 0 Å². The van der Waals surface area contributed by atoms with Crippen molar-refractivity contribution in [3.63, 3.8) is 0 Å². The van der Waals surface area contributed by atoms with Gasteiger partial charge in [-0.25, -0.2) is 0 Å². The first-order chi connectivity index (χ1) is 5.20. The molecule has 0 aromatic heterocycles. The van der Waals surface area contributed by atoms with Crippen LogP contribution in [0.4, 0.5) is 0 Å². The maximum Gasteiger partial charge on any atom is 0.0992 e. The predicted octanol–water partition coefficient (Wildman–Crippen LogP) is -1.37. The second-order valence-corrected chi connectivity index (χ2v) is 3.42. The zero-order valence-corrected chi connectivity index (χ0v) is 7.37. The van der Waals surface area contributed by atoms with Crippen LogP contribution in [0.15, 0.2) is 0 Å². The lowest BCUT2D eigenvalue weighted by Gasteiger charge is -2.26. The molecule has 0 amide bonds. The smallest absolute Gasteiger partial charge is 0.0992 e. The van der Waals surface area contributed by atoms with E-state index in [1.807, 2.05) is 0 Å². The fourth-order valence-electron chi connectivity index (χ4n) is 2.02. The van der Waals surface area contributed by atoms with Crippen LogP contribution in [-0.2, 0) is 0 Å². The highest BCUT2D eigenvalue weighted by molar-refractivity contribution is 5.85. The molecule has 2 fully saturated rings. The van der Waals surface area contributed by atoms with Crippen molar-refractivity contribution in [3.05, 3.63) is 0 Å². The molecule has 2 aliphatic rings. The molecule has 5 heteroatoms. The molecule has 2 rings (SSSR count). The summed E-state index contributed by atoms with van der Waals surface area (Å²) in [6.07, 6.45) is -0.570. The Hall–Kier alpha value is 0.130. The highest BCUT2D eigenvalue weighted by atomic mass is 35.5. The summed E-state index contributed by atoms with van der Waals surface area (Å²) in [5.74, 6) is 0. The molecule has 0 aliphatic carbocycles. The Bertz CT molecular complexity index is 169. The predicted molar refractivity (Wildman–Crippen MR) is 45.2 cm³/mol. The maximum atomic E-state index is 9.37. The third-order valence-electron chi connectivity index (χ3n) is 2.72. The molecule has 2 heterocycles. The Morgan fingerprint density at radius 3 is 2.25 bits per heavy atom. The van der Waals surface area contributed by atoms with Crippen LogP contribution < -0.4 is 5.32 Å². The first-order valence-corrected chi connectivity index (χ1v) is 4.00. The van der Waals surface area contributed by atoms with E-state index in [0.29, 0.717) is 6.42 Å². The van der Waals surface area contributed by atoms with Gasteiger partial charge in [0.2, 0.25) is 0 Å². The zero-order valence-electron chi connectivity index (χ0n) is 6.55. The Morgan fingerprint density at radius 2 is 1.67 bits per heavy atom. The number of rotatable bonds is 0. The van der Waals surface area contributed by atoms with E-state index in [1.165, 1.54) is 0 Å². The second kappa shape index (κ2) is 3.47. The Labute approximate surface area is 77.0 Å². The van der Waals surface area contributed by atoms with Gasteiger partial charge in [-0.2, -0.15) is 0 Å². The standard InChI is InChI=1S/C7H13NO3.ClH/c9-4-2-1-3-6(10)7(11)5(4)8-3;/h3-11H,1-2H2;1H/t3-,4-,5+,6-,7+;/m1./s1. The molecular weight excluding hydrogens is 182 g/mol. The van der Waals surface area contributed by atoms with Crippen molar-refractivity contribution in [2.75, 3.05) is 0 Å². The van der Waals surface area contributed by atoms with Crippen LogP contribution in [0.2, 0.25) is 0 Å². The quantitative estimate of drug-likeness (QED) is 0.385. The van der Waals surface area contributed by atoms with Crippen LogP contribution in [0.1, 0.15) is 12.8 Å². The first kappa shape index (κ1) is 10.2. The highest BCUT2D eigenvalue weighted by Crippen LogP contribution is 2.27. The van der Waals surface area contributed by atoms with Crippen LogP contribution in [-0.4, -0.2) is 45.7 Å². The van der Waals surface area contributed by atoms with Crippen LogP contribution in [0.25, 0.3) is 0 Å². The molecule has 2 aliphatic heterocycles. The van der Waals surface area contributed by atoms with Crippen LogP contribution in [0.5, 0.6) is 0 Å². The average Bonchev–Trinajstić information content (AvgIpc) is 2.24. The molecule has 0 radical (unpaired) electrons. The van der Waals surface area contributed by atoms with E-state index in [0.717, 1.165) is 6.42 Å². The SMILES string of the molecule is Cl.O[C@@H]1[C@H](O)[C@H]2CC[C@@H](O)[C@@H]1N2. The molecule has 4 nitrogen and oxygen atoms in total. The van der Waals surface area contributed by atoms with Crippen LogP contribution in [0, 0.1) is 0 Å². The van der Waals surface area contributed by atoms with Crippen molar-refractivity contribution in [1.82, 2.24) is 5.32 Å². The second-order valence-electron chi connectivity index (χ2n) is 3.42. The molecule has 2 bridgehead atoms. The third kappa shape index (κ3) is 1.34. The first-order valence-electron chi connectivity index (χ1n) is 4.00. The average molecular weight is 196 g/mol. The van der Waals surface area contributed by atoms with Gasteiger partial charge < -0.3 is 20.6 Å². The lowest BCUT2D eigenvalue weighted by Crippen LogP contribution is -2.47. The minimum atomic E-state index is -0.794. The summed E-state index contributed by atoms with van der Waals surface area (Å²) in [6.45, 7) is 0. The van der Waals surface area contributed by atoms with E-state index in [2.05, 4.69) is 5.32 Å². The molecule has 12 heavy (non-hydrogen) atoms. The lowest BCUT2D eigenvalue weighted by molar-refractivity contribution is 0.0112. The highest BCUT2D eigenvalue weighted by Gasteiger charge is 2.47. The Balaban J connectivity index is 0.000000720. The monoisotopic (exact) mass is 195 g/mol. The van der Waals surface area contributed by atoms with Gasteiger partial charge in [-0.1, -0.05) is 0 Å². The van der Waals surface area contributed by atoms with E-state index in [1.54, 1.807) is 0 Å². The van der Waals surface area contributed by atoms with Crippen molar-refractivity contribution in [2.45, 2.75) is 43.2 Å². The molecular formula is C7H14ClNO3. The molecule has 5 atom stereocenters. The van der Waals surface area contributed by atoms with Gasteiger partial charge in [-0.15, -0.1) is 12.4 Å². The van der Waals surface area contributed by atoms with Crippen molar-refractivity contribution in [3.8, 4) is 0 Å². The molecule has 0 saturated carbocycles. The van der Waals surface area contributed by atoms with E-state index in [9.17, 15) is 15.3 Å². The summed E-state index contributed by atoms with van der Waals surface area (Å²) in [6, 6.07) is -0.331. The number of fused-ring (bicyclic) bond motifs is 2. The number of aliphatic hydroxyl groups is 3. The fourth-order valence-corrected chi connectivity index (χ4v) is 2.02. The summed E-state index contributed by atoms with van der Waals surface area (Å²) in [7, 11) is 0. The lowest BCUT2D eigenvalue weighted by atomic mass is 10.0. The molecule has 0 aromatic carbocycles. The summed E-state index contributed by atoms with van der Waals surface area (Å²) in [5, 5.41) is 31.1. The summed E-state index contributed by atoms with van der Waals surface area (Å²) < 4.78 is 0. The van der Waals surface area contributed by atoms with Gasteiger partial charge in [0, 0.05) is 6.04 Å². The minimum absolute atomic E-state index is 0. The number of piperidine rings is 1. The number of nitrogens with one attached hydrogen (secondary N) is 1. The van der Waals surface area contributed by atoms with Gasteiger partial charge in [-0.3, -0.25) is 0 Å². The topological polar surface area (TPSA) is 72.7 Å². The summed E-state index contributed by atoms with van der Waals surface area (Å²) in [4.78, 5) is 0. The number of halogens is 1. The van der Waals surface area contributed by atoms with Crippen molar-refractivity contribution in [1.29, 1.82) is 0 Å². The zero-order chi connectivity index (χ0) is 8.01. The van der Waals surface area contributed by atoms with Crippen molar-refractivity contribution < 1.29 is 15.3 Å². The Morgan fingerprint density at radius 1 is 1.00 bits per heavy atom. The van der Waals surface area contributed by atoms with E-state index in [4.69, 9.17) is 0 Å². The van der Waals surface area contributed by atoms with Gasteiger partial charge in [0.1, 0.15) is 0 Å². The normalized spacial score (nSPS) is 51.8. The number of hydrogen-bond acceptors (Lipinski definition) is 4. The largest absolute Gasteiger partial charge is 0.391 e. The van der Waals surface area contributed by atoms with Gasteiger partial charge >= 0.3 is 0 Å². The number of aliphatic hydroxyl groups excluding tert-OH is 3. The summed E-state index contributed by atoms with van der Waals surface area (Å²) in [5.41, 5.74) is 0. The molecule has 2 saturated heterocycles. The van der Waals surface area contributed by atoms with Gasteiger partial charge in [-0.05, 0) is 12.8 Å².